The lowest BCUT2D eigenvalue weighted by molar-refractivity contribution is 0.114. The number of ether oxygens (including phenoxy) is 2. The Labute approximate surface area is 72.0 Å². The molecule has 2 rings (SSSR count). The molecule has 0 aromatic rings. The van der Waals surface area contributed by atoms with E-state index in [0.717, 1.165) is 25.7 Å². The van der Waals surface area contributed by atoms with Crippen LogP contribution >= 0.6 is 0 Å². The number of carbonyl (C=O) groups is 1. The third-order valence-electron chi connectivity index (χ3n) is 2.64. The maximum atomic E-state index is 10.8. The molecule has 0 unspecified atom stereocenters. The van der Waals surface area contributed by atoms with Gasteiger partial charge in [0.15, 0.2) is 0 Å². The van der Waals surface area contributed by atoms with E-state index in [1.54, 1.807) is 0 Å². The molecule has 2 atom stereocenters. The first-order valence-electron chi connectivity index (χ1n) is 4.73. The number of hydrogen-bond donors (Lipinski definition) is 0. The van der Waals surface area contributed by atoms with Crippen molar-refractivity contribution in [2.75, 3.05) is 0 Å². The maximum absolute atomic E-state index is 10.8. The van der Waals surface area contributed by atoms with E-state index in [2.05, 4.69) is 0 Å². The van der Waals surface area contributed by atoms with Crippen molar-refractivity contribution in [3.8, 4) is 0 Å². The van der Waals surface area contributed by atoms with Gasteiger partial charge in [-0.2, -0.15) is 0 Å². The van der Waals surface area contributed by atoms with Gasteiger partial charge in [-0.3, -0.25) is 0 Å². The zero-order valence-electron chi connectivity index (χ0n) is 7.12. The summed E-state index contributed by atoms with van der Waals surface area (Å²) in [4.78, 5) is 10.8. The molecule has 68 valence electrons. The Morgan fingerprint density at radius 3 is 1.92 bits per heavy atom. The number of fused-ring (bicyclic) bond motifs is 1. The lowest BCUT2D eigenvalue weighted by atomic mass is 9.96. The summed E-state index contributed by atoms with van der Waals surface area (Å²) in [5, 5.41) is 0. The van der Waals surface area contributed by atoms with E-state index >= 15 is 0 Å². The molecule has 0 spiro atoms. The summed E-state index contributed by atoms with van der Waals surface area (Å²) in [5.41, 5.74) is 0. The zero-order valence-corrected chi connectivity index (χ0v) is 7.12. The van der Waals surface area contributed by atoms with Crippen LogP contribution in [0.3, 0.4) is 0 Å². The highest BCUT2D eigenvalue weighted by molar-refractivity contribution is 5.62. The molecule has 3 nitrogen and oxygen atoms in total. The fraction of sp³-hybridized carbons (Fsp3) is 0.889. The molecule has 1 saturated carbocycles. The van der Waals surface area contributed by atoms with E-state index in [1.165, 1.54) is 12.8 Å². The van der Waals surface area contributed by atoms with Crippen LogP contribution in [0.1, 0.15) is 38.5 Å². The van der Waals surface area contributed by atoms with Crippen molar-refractivity contribution in [3.63, 3.8) is 0 Å². The van der Waals surface area contributed by atoms with Crippen LogP contribution in [0, 0.1) is 0 Å². The van der Waals surface area contributed by atoms with E-state index in [-0.39, 0.29) is 12.2 Å². The van der Waals surface area contributed by atoms with Gasteiger partial charge in [0, 0.05) is 0 Å². The van der Waals surface area contributed by atoms with Crippen LogP contribution in [0.2, 0.25) is 0 Å². The Bertz CT molecular complexity index is 161. The Morgan fingerprint density at radius 1 is 0.917 bits per heavy atom. The van der Waals surface area contributed by atoms with Gasteiger partial charge < -0.3 is 9.47 Å². The number of rotatable bonds is 0. The van der Waals surface area contributed by atoms with Gasteiger partial charge in [0.1, 0.15) is 12.2 Å². The molecule has 2 fully saturated rings. The summed E-state index contributed by atoms with van der Waals surface area (Å²) in [7, 11) is 0. The Kier molecular flexibility index (Phi) is 2.19. The van der Waals surface area contributed by atoms with E-state index in [4.69, 9.17) is 9.47 Å². The SMILES string of the molecule is O=C1O[C@H]2CCCCCC[C@H]2O1. The highest BCUT2D eigenvalue weighted by Crippen LogP contribution is 2.27. The van der Waals surface area contributed by atoms with E-state index in [0.29, 0.717) is 0 Å². The predicted octanol–water partition coefficient (Wildman–Crippen LogP) is 2.24. The lowest BCUT2D eigenvalue weighted by Crippen LogP contribution is -2.23. The minimum atomic E-state index is -0.466. The Morgan fingerprint density at radius 2 is 1.42 bits per heavy atom. The van der Waals surface area contributed by atoms with Crippen LogP contribution in [-0.4, -0.2) is 18.4 Å². The van der Waals surface area contributed by atoms with E-state index in [9.17, 15) is 4.79 Å². The molecule has 0 aromatic heterocycles. The second kappa shape index (κ2) is 3.33. The highest BCUT2D eigenvalue weighted by Gasteiger charge is 2.36. The topological polar surface area (TPSA) is 35.5 Å². The van der Waals surface area contributed by atoms with Crippen molar-refractivity contribution < 1.29 is 14.3 Å². The molecule has 0 N–H and O–H groups in total. The minimum Gasteiger partial charge on any atom is -0.427 e. The van der Waals surface area contributed by atoms with Crippen LogP contribution in [0.15, 0.2) is 0 Å². The highest BCUT2D eigenvalue weighted by atomic mass is 16.8. The molecule has 0 amide bonds. The van der Waals surface area contributed by atoms with E-state index in [1.807, 2.05) is 0 Å². The van der Waals surface area contributed by atoms with Crippen molar-refractivity contribution in [1.82, 2.24) is 0 Å². The van der Waals surface area contributed by atoms with Crippen LogP contribution in [0.25, 0.3) is 0 Å². The summed E-state index contributed by atoms with van der Waals surface area (Å²) in [5.74, 6) is 0. The van der Waals surface area contributed by atoms with Gasteiger partial charge in [0.25, 0.3) is 0 Å². The lowest BCUT2D eigenvalue weighted by Gasteiger charge is -2.17. The smallest absolute Gasteiger partial charge is 0.427 e. The monoisotopic (exact) mass is 170 g/mol. The fourth-order valence-electron chi connectivity index (χ4n) is 1.96. The van der Waals surface area contributed by atoms with Crippen LogP contribution in [-0.2, 0) is 9.47 Å². The average molecular weight is 170 g/mol. The van der Waals surface area contributed by atoms with Gasteiger partial charge >= 0.3 is 6.16 Å². The summed E-state index contributed by atoms with van der Waals surface area (Å²) < 4.78 is 10.1. The molecule has 1 aliphatic carbocycles. The molecular weight excluding hydrogens is 156 g/mol. The van der Waals surface area contributed by atoms with Crippen LogP contribution < -0.4 is 0 Å². The van der Waals surface area contributed by atoms with Crippen molar-refractivity contribution in [1.29, 1.82) is 0 Å². The molecule has 1 saturated heterocycles. The number of carbonyl (C=O) groups excluding carboxylic acids is 1. The summed E-state index contributed by atoms with van der Waals surface area (Å²) >= 11 is 0. The van der Waals surface area contributed by atoms with Gasteiger partial charge in [-0.25, -0.2) is 4.79 Å². The summed E-state index contributed by atoms with van der Waals surface area (Å²) in [6.07, 6.45) is 6.46. The second-order valence-electron chi connectivity index (χ2n) is 3.55. The first-order chi connectivity index (χ1) is 5.86. The zero-order chi connectivity index (χ0) is 8.39. The van der Waals surface area contributed by atoms with Gasteiger partial charge in [0.2, 0.25) is 0 Å². The molecule has 0 aromatic carbocycles. The average Bonchev–Trinajstić information content (AvgIpc) is 2.32. The fourth-order valence-corrected chi connectivity index (χ4v) is 1.96. The van der Waals surface area contributed by atoms with E-state index < -0.39 is 6.16 Å². The van der Waals surface area contributed by atoms with Gasteiger partial charge in [-0.05, 0) is 25.7 Å². The van der Waals surface area contributed by atoms with Crippen LogP contribution in [0.5, 0.6) is 0 Å². The molecule has 2 aliphatic rings. The first kappa shape index (κ1) is 7.90. The van der Waals surface area contributed by atoms with Gasteiger partial charge in [0.05, 0.1) is 0 Å². The molecule has 1 heterocycles. The van der Waals surface area contributed by atoms with Crippen LogP contribution in [0.4, 0.5) is 4.79 Å². The van der Waals surface area contributed by atoms with Crippen molar-refractivity contribution in [2.24, 2.45) is 0 Å². The molecule has 0 bridgehead atoms. The standard InChI is InChI=1S/C9H14O3/c10-9-11-7-5-3-1-2-4-6-8(7)12-9/h7-8H,1-6H2/t7-,8+. The number of hydrogen-bond acceptors (Lipinski definition) is 3. The summed E-state index contributed by atoms with van der Waals surface area (Å²) in [6.45, 7) is 0. The van der Waals surface area contributed by atoms with Crippen molar-refractivity contribution >= 4 is 6.16 Å². The third kappa shape index (κ3) is 1.54. The van der Waals surface area contributed by atoms with Gasteiger partial charge in [-0.1, -0.05) is 12.8 Å². The Hall–Kier alpha value is -0.730. The molecule has 12 heavy (non-hydrogen) atoms. The minimum absolute atomic E-state index is 0.0535. The summed E-state index contributed by atoms with van der Waals surface area (Å²) in [6, 6.07) is 0. The second-order valence-corrected chi connectivity index (χ2v) is 3.55. The first-order valence-corrected chi connectivity index (χ1v) is 4.73. The van der Waals surface area contributed by atoms with Crippen molar-refractivity contribution in [2.45, 2.75) is 50.7 Å². The maximum Gasteiger partial charge on any atom is 0.509 e. The van der Waals surface area contributed by atoms with Gasteiger partial charge in [-0.15, -0.1) is 0 Å². The molecule has 3 heteroatoms. The predicted molar refractivity (Wildman–Crippen MR) is 42.8 cm³/mol. The van der Waals surface area contributed by atoms with Crippen molar-refractivity contribution in [3.05, 3.63) is 0 Å². The quantitative estimate of drug-likeness (QED) is 0.523. The Balaban J connectivity index is 1.96. The molecular formula is C9H14O3. The largest absolute Gasteiger partial charge is 0.509 e. The molecule has 1 aliphatic heterocycles. The third-order valence-corrected chi connectivity index (χ3v) is 2.64. The normalized spacial score (nSPS) is 35.8. The molecule has 0 radical (unpaired) electrons.